The summed E-state index contributed by atoms with van der Waals surface area (Å²) in [5.74, 6) is -2.57. The average Bonchev–Trinajstić information content (AvgIpc) is 2.93. The van der Waals surface area contributed by atoms with Crippen LogP contribution in [0.1, 0.15) is 161 Å². The van der Waals surface area contributed by atoms with E-state index in [1.165, 1.54) is 77.0 Å². The minimum Gasteiger partial charge on any atom is -0.550 e. The lowest BCUT2D eigenvalue weighted by atomic mass is 10.1. The first kappa shape index (κ1) is 39.1. The molecule has 0 aliphatic rings. The summed E-state index contributed by atoms with van der Waals surface area (Å²) in [5, 5.41) is 29.0. The highest BCUT2D eigenvalue weighted by molar-refractivity contribution is 5.66. The van der Waals surface area contributed by atoms with E-state index in [1.807, 2.05) is 0 Å². The number of nitrogens with zero attached hydrogens (tertiary/aromatic N) is 1. The Kier molecular flexibility index (Phi) is 26.9. The lowest BCUT2D eigenvalue weighted by Crippen LogP contribution is -2.51. The number of carbonyl (C=O) groups is 3. The van der Waals surface area contributed by atoms with Crippen LogP contribution in [0.2, 0.25) is 0 Å². The summed E-state index contributed by atoms with van der Waals surface area (Å²) < 4.78 is 0.838. The summed E-state index contributed by atoms with van der Waals surface area (Å²) in [6, 6.07) is 0. The first-order valence-corrected chi connectivity index (χ1v) is 16.9. The van der Waals surface area contributed by atoms with E-state index in [0.717, 1.165) is 69.2 Å². The van der Waals surface area contributed by atoms with E-state index in [2.05, 4.69) is 19.1 Å². The number of carboxylic acids is 3. The van der Waals surface area contributed by atoms with E-state index >= 15 is 0 Å². The number of rotatable bonds is 32. The Morgan fingerprint density at radius 3 is 1.24 bits per heavy atom. The van der Waals surface area contributed by atoms with Gasteiger partial charge >= 0.3 is 11.9 Å². The number of hydrogen-bond donors (Lipinski definition) is 2. The summed E-state index contributed by atoms with van der Waals surface area (Å²) in [7, 11) is 0. The quantitative estimate of drug-likeness (QED) is 0.0479. The number of quaternary nitrogens is 1. The van der Waals surface area contributed by atoms with Crippen molar-refractivity contribution in [1.29, 1.82) is 0 Å². The summed E-state index contributed by atoms with van der Waals surface area (Å²) >= 11 is 0. The van der Waals surface area contributed by atoms with Gasteiger partial charge in [-0.15, -0.1) is 0 Å². The number of aliphatic carboxylic acids is 3. The fourth-order valence-corrected chi connectivity index (χ4v) is 5.71. The SMILES string of the molecule is CCCCCCCCCCC/C=C/CCCCCC[N+](CCCCC(=O)[O-])(CCCCC(=O)O)CCCCC(=O)O. The van der Waals surface area contributed by atoms with Crippen LogP contribution in [0, 0.1) is 0 Å². The van der Waals surface area contributed by atoms with Gasteiger partial charge < -0.3 is 24.6 Å². The zero-order chi connectivity index (χ0) is 30.4. The Labute approximate surface area is 251 Å². The topological polar surface area (TPSA) is 115 Å². The normalized spacial score (nSPS) is 11.8. The van der Waals surface area contributed by atoms with Crippen LogP contribution in [0.15, 0.2) is 12.2 Å². The lowest BCUT2D eigenvalue weighted by Gasteiger charge is -2.39. The van der Waals surface area contributed by atoms with Crippen LogP contribution >= 0.6 is 0 Å². The Morgan fingerprint density at radius 2 is 0.854 bits per heavy atom. The largest absolute Gasteiger partial charge is 0.550 e. The van der Waals surface area contributed by atoms with E-state index in [-0.39, 0.29) is 19.3 Å². The molecule has 0 fully saturated rings. The van der Waals surface area contributed by atoms with E-state index in [1.54, 1.807) is 0 Å². The lowest BCUT2D eigenvalue weighted by molar-refractivity contribution is -0.929. The number of carboxylic acid groups (broad SMARTS) is 3. The molecule has 0 heterocycles. The summed E-state index contributed by atoms with van der Waals surface area (Å²) in [6.07, 6.45) is 28.6. The van der Waals surface area contributed by atoms with Crippen molar-refractivity contribution in [3.8, 4) is 0 Å². The Morgan fingerprint density at radius 1 is 0.512 bits per heavy atom. The van der Waals surface area contributed by atoms with Gasteiger partial charge in [0.1, 0.15) is 0 Å². The van der Waals surface area contributed by atoms with Gasteiger partial charge in [0.15, 0.2) is 0 Å². The first-order valence-electron chi connectivity index (χ1n) is 16.9. The molecule has 0 aliphatic carbocycles. The third-order valence-electron chi connectivity index (χ3n) is 8.20. The molecule has 0 unspecified atom stereocenters. The molecule has 0 radical (unpaired) electrons. The van der Waals surface area contributed by atoms with Crippen molar-refractivity contribution >= 4 is 17.9 Å². The highest BCUT2D eigenvalue weighted by Crippen LogP contribution is 2.19. The molecular formula is C34H63NO6. The van der Waals surface area contributed by atoms with Crippen LogP contribution < -0.4 is 5.11 Å². The second-order valence-electron chi connectivity index (χ2n) is 12.1. The molecule has 0 atom stereocenters. The van der Waals surface area contributed by atoms with E-state index in [0.29, 0.717) is 19.3 Å². The number of hydrogen-bond acceptors (Lipinski definition) is 4. The van der Waals surface area contributed by atoms with Gasteiger partial charge in [0, 0.05) is 18.8 Å². The monoisotopic (exact) mass is 581 g/mol. The molecule has 0 aromatic heterocycles. The second kappa shape index (κ2) is 28.2. The number of carbonyl (C=O) groups excluding carboxylic acids is 1. The van der Waals surface area contributed by atoms with E-state index < -0.39 is 17.9 Å². The van der Waals surface area contributed by atoms with Crippen LogP contribution in [-0.4, -0.2) is 58.8 Å². The van der Waals surface area contributed by atoms with Gasteiger partial charge in [0.25, 0.3) is 0 Å². The van der Waals surface area contributed by atoms with Crippen molar-refractivity contribution in [2.45, 2.75) is 161 Å². The van der Waals surface area contributed by atoms with E-state index in [4.69, 9.17) is 10.2 Å². The maximum atomic E-state index is 11.0. The summed E-state index contributed by atoms with van der Waals surface area (Å²) in [4.78, 5) is 32.9. The third-order valence-corrected chi connectivity index (χ3v) is 8.20. The van der Waals surface area contributed by atoms with Crippen molar-refractivity contribution in [1.82, 2.24) is 0 Å². The van der Waals surface area contributed by atoms with Gasteiger partial charge in [-0.25, -0.2) is 0 Å². The average molecular weight is 582 g/mol. The smallest absolute Gasteiger partial charge is 0.303 e. The maximum absolute atomic E-state index is 11.0. The Hall–Kier alpha value is -1.89. The zero-order valence-corrected chi connectivity index (χ0v) is 26.4. The summed E-state index contributed by atoms with van der Waals surface area (Å²) in [5.41, 5.74) is 0. The molecule has 240 valence electrons. The van der Waals surface area contributed by atoms with Crippen molar-refractivity contribution < 1.29 is 34.2 Å². The molecule has 0 bridgehead atoms. The van der Waals surface area contributed by atoms with Crippen LogP contribution in [0.3, 0.4) is 0 Å². The van der Waals surface area contributed by atoms with Crippen LogP contribution in [0.25, 0.3) is 0 Å². The number of allylic oxidation sites excluding steroid dienone is 2. The molecule has 0 aromatic carbocycles. The molecule has 0 saturated carbocycles. The molecular weight excluding hydrogens is 518 g/mol. The Bertz CT molecular complexity index is 623. The predicted molar refractivity (Wildman–Crippen MR) is 166 cm³/mol. The standard InChI is InChI=1S/C34H63NO6/c1-2-3-4-5-6-7-8-9-10-11-12-13-14-15-16-17-21-28-35(29-22-18-25-32(36)37,30-23-19-26-33(38)39)31-24-20-27-34(40)41/h12-13H,2-11,14-31H2,1H3,(H2-,36,37,38,39,40,41)/b13-12+. The molecule has 2 N–H and O–H groups in total. The fourth-order valence-electron chi connectivity index (χ4n) is 5.71. The molecule has 0 aliphatic heterocycles. The highest BCUT2D eigenvalue weighted by Gasteiger charge is 2.26. The van der Waals surface area contributed by atoms with E-state index in [9.17, 15) is 19.5 Å². The third kappa shape index (κ3) is 28.0. The van der Waals surface area contributed by atoms with Gasteiger partial charge in [-0.2, -0.15) is 0 Å². The van der Waals surface area contributed by atoms with Gasteiger partial charge in [-0.1, -0.05) is 76.9 Å². The van der Waals surface area contributed by atoms with Crippen LogP contribution in [-0.2, 0) is 14.4 Å². The van der Waals surface area contributed by atoms with Gasteiger partial charge in [-0.05, 0) is 83.5 Å². The molecule has 0 saturated heterocycles. The fraction of sp³-hybridized carbons (Fsp3) is 0.853. The van der Waals surface area contributed by atoms with Crippen molar-refractivity contribution in [2.75, 3.05) is 26.2 Å². The molecule has 41 heavy (non-hydrogen) atoms. The molecule has 0 aromatic rings. The Balaban J connectivity index is 4.43. The van der Waals surface area contributed by atoms with Crippen LogP contribution in [0.5, 0.6) is 0 Å². The molecule has 7 nitrogen and oxygen atoms in total. The zero-order valence-electron chi connectivity index (χ0n) is 26.4. The van der Waals surface area contributed by atoms with Gasteiger partial charge in [0.05, 0.1) is 26.2 Å². The van der Waals surface area contributed by atoms with Crippen LogP contribution in [0.4, 0.5) is 0 Å². The second-order valence-corrected chi connectivity index (χ2v) is 12.1. The molecule has 0 spiro atoms. The van der Waals surface area contributed by atoms with Crippen molar-refractivity contribution in [2.24, 2.45) is 0 Å². The van der Waals surface area contributed by atoms with Crippen molar-refractivity contribution in [3.05, 3.63) is 12.2 Å². The maximum Gasteiger partial charge on any atom is 0.303 e. The predicted octanol–water partition coefficient (Wildman–Crippen LogP) is 7.66. The molecule has 0 amide bonds. The van der Waals surface area contributed by atoms with Crippen molar-refractivity contribution in [3.63, 3.8) is 0 Å². The highest BCUT2D eigenvalue weighted by atomic mass is 16.4. The summed E-state index contributed by atoms with van der Waals surface area (Å²) in [6.45, 7) is 5.84. The van der Waals surface area contributed by atoms with Gasteiger partial charge in [0.2, 0.25) is 0 Å². The number of unbranched alkanes of at least 4 members (excludes halogenated alkanes) is 16. The van der Waals surface area contributed by atoms with Gasteiger partial charge in [-0.3, -0.25) is 9.59 Å². The first-order chi connectivity index (χ1) is 19.8. The minimum absolute atomic E-state index is 0.0602. The molecule has 7 heteroatoms. The molecule has 0 rings (SSSR count). The minimum atomic E-state index is -1.02.